The molecule has 88 valence electrons. The Hall–Kier alpha value is -1.14. The quantitative estimate of drug-likeness (QED) is 0.872. The highest BCUT2D eigenvalue weighted by Gasteiger charge is 2.21. The summed E-state index contributed by atoms with van der Waals surface area (Å²) in [6, 6.07) is -0.542. The normalized spacial score (nSPS) is 12.2. The van der Waals surface area contributed by atoms with Crippen LogP contribution in [0.1, 0.15) is 13.8 Å². The van der Waals surface area contributed by atoms with Gasteiger partial charge < -0.3 is 10.6 Å². The molecule has 0 aromatic carbocycles. The number of aromatic nitrogens is 3. The van der Waals surface area contributed by atoms with Crippen molar-refractivity contribution in [2.45, 2.75) is 19.9 Å². The van der Waals surface area contributed by atoms with E-state index in [-0.39, 0.29) is 16.5 Å². The summed E-state index contributed by atoms with van der Waals surface area (Å²) in [5, 5.41) is -0.0461. The van der Waals surface area contributed by atoms with Crippen LogP contribution < -0.4 is 10.6 Å². The molecule has 8 heteroatoms. The number of nitrogens with zero attached hydrogens (tertiary/aromatic N) is 4. The summed E-state index contributed by atoms with van der Waals surface area (Å²) < 4.78 is 0. The molecule has 1 heterocycles. The summed E-state index contributed by atoms with van der Waals surface area (Å²) in [7, 11) is 0. The third kappa shape index (κ3) is 2.93. The number of carbonyl (C=O) groups excluding carboxylic acids is 1. The average molecular weight is 264 g/mol. The molecular weight excluding hydrogens is 253 g/mol. The summed E-state index contributed by atoms with van der Waals surface area (Å²) in [6.07, 6.45) is 0. The van der Waals surface area contributed by atoms with E-state index in [0.29, 0.717) is 6.54 Å². The Morgan fingerprint density at radius 2 is 1.88 bits per heavy atom. The van der Waals surface area contributed by atoms with Gasteiger partial charge in [0.25, 0.3) is 0 Å². The van der Waals surface area contributed by atoms with E-state index in [4.69, 9.17) is 28.9 Å². The number of primary amides is 1. The summed E-state index contributed by atoms with van der Waals surface area (Å²) >= 11 is 11.3. The van der Waals surface area contributed by atoms with Crippen molar-refractivity contribution in [1.82, 2.24) is 15.0 Å². The van der Waals surface area contributed by atoms with Crippen LogP contribution in [0, 0.1) is 0 Å². The van der Waals surface area contributed by atoms with Gasteiger partial charge in [-0.2, -0.15) is 15.0 Å². The average Bonchev–Trinajstić information content (AvgIpc) is 2.16. The number of likely N-dealkylation sites (N-methyl/N-ethyl adjacent to an activating group) is 1. The first-order chi connectivity index (χ1) is 7.45. The summed E-state index contributed by atoms with van der Waals surface area (Å²) in [5.41, 5.74) is 5.21. The molecule has 0 saturated heterocycles. The fraction of sp³-hybridized carbons (Fsp3) is 0.500. The van der Waals surface area contributed by atoms with Gasteiger partial charge >= 0.3 is 0 Å². The lowest BCUT2D eigenvalue weighted by Gasteiger charge is -2.25. The number of rotatable bonds is 4. The molecule has 6 nitrogen and oxygen atoms in total. The van der Waals surface area contributed by atoms with E-state index in [2.05, 4.69) is 15.0 Å². The molecule has 1 aromatic heterocycles. The standard InChI is InChI=1S/C8H11Cl2N5O/c1-3-15(4(2)5(11)16)8-13-6(9)12-7(10)14-8/h4H,3H2,1-2H3,(H2,11,16)/t4-/m1/s1. The van der Waals surface area contributed by atoms with Crippen LogP contribution in [0.3, 0.4) is 0 Å². The van der Waals surface area contributed by atoms with Crippen molar-refractivity contribution in [3.63, 3.8) is 0 Å². The van der Waals surface area contributed by atoms with Gasteiger partial charge in [0, 0.05) is 6.54 Å². The maximum absolute atomic E-state index is 11.1. The molecule has 0 saturated carbocycles. The van der Waals surface area contributed by atoms with Crippen LogP contribution in [0.15, 0.2) is 0 Å². The molecule has 0 unspecified atom stereocenters. The summed E-state index contributed by atoms with van der Waals surface area (Å²) in [4.78, 5) is 24.1. The van der Waals surface area contributed by atoms with E-state index < -0.39 is 11.9 Å². The van der Waals surface area contributed by atoms with Gasteiger partial charge in [-0.05, 0) is 37.0 Å². The van der Waals surface area contributed by atoms with Gasteiger partial charge in [-0.25, -0.2) is 0 Å². The lowest BCUT2D eigenvalue weighted by atomic mass is 10.3. The van der Waals surface area contributed by atoms with Crippen molar-refractivity contribution in [2.75, 3.05) is 11.4 Å². The van der Waals surface area contributed by atoms with Crippen molar-refractivity contribution >= 4 is 35.1 Å². The number of amides is 1. The van der Waals surface area contributed by atoms with E-state index in [1.807, 2.05) is 6.92 Å². The smallest absolute Gasteiger partial charge is 0.239 e. The number of anilines is 1. The van der Waals surface area contributed by atoms with Crippen LogP contribution in [0.5, 0.6) is 0 Å². The Labute approximate surface area is 103 Å². The monoisotopic (exact) mass is 263 g/mol. The first-order valence-electron chi connectivity index (χ1n) is 4.58. The van der Waals surface area contributed by atoms with Gasteiger partial charge in [0.1, 0.15) is 6.04 Å². The van der Waals surface area contributed by atoms with E-state index in [9.17, 15) is 4.79 Å². The molecule has 0 aliphatic carbocycles. The topological polar surface area (TPSA) is 85.0 Å². The number of nitrogens with two attached hydrogens (primary N) is 1. The number of carbonyl (C=O) groups is 1. The molecular formula is C8H11Cl2N5O. The molecule has 1 aromatic rings. The van der Waals surface area contributed by atoms with Crippen molar-refractivity contribution in [3.05, 3.63) is 10.6 Å². The van der Waals surface area contributed by atoms with Crippen LogP contribution in [0.25, 0.3) is 0 Å². The molecule has 0 spiro atoms. The number of halogens is 2. The minimum atomic E-state index is -0.542. The molecule has 0 bridgehead atoms. The zero-order valence-electron chi connectivity index (χ0n) is 8.81. The van der Waals surface area contributed by atoms with Crippen molar-refractivity contribution < 1.29 is 4.79 Å². The number of hydrogen-bond acceptors (Lipinski definition) is 5. The third-order valence-corrected chi connectivity index (χ3v) is 2.38. The highest BCUT2D eigenvalue weighted by atomic mass is 35.5. The van der Waals surface area contributed by atoms with Crippen molar-refractivity contribution in [2.24, 2.45) is 5.73 Å². The van der Waals surface area contributed by atoms with Crippen LogP contribution in [0.2, 0.25) is 10.6 Å². The van der Waals surface area contributed by atoms with Crippen molar-refractivity contribution in [3.8, 4) is 0 Å². The second kappa shape index (κ2) is 5.27. The molecule has 1 amide bonds. The van der Waals surface area contributed by atoms with Crippen LogP contribution in [-0.2, 0) is 4.79 Å². The maximum Gasteiger partial charge on any atom is 0.239 e. The molecule has 1 atom stereocenters. The lowest BCUT2D eigenvalue weighted by Crippen LogP contribution is -2.43. The Morgan fingerprint density at radius 1 is 1.38 bits per heavy atom. The molecule has 16 heavy (non-hydrogen) atoms. The van der Waals surface area contributed by atoms with Gasteiger partial charge in [0.05, 0.1) is 0 Å². The first kappa shape index (κ1) is 12.9. The van der Waals surface area contributed by atoms with Crippen molar-refractivity contribution in [1.29, 1.82) is 0 Å². The second-order valence-corrected chi connectivity index (χ2v) is 3.71. The molecule has 2 N–H and O–H groups in total. The summed E-state index contributed by atoms with van der Waals surface area (Å²) in [5.74, 6) is -0.242. The Kier molecular flexibility index (Phi) is 4.26. The Bertz CT molecular complexity index is 380. The molecule has 0 aliphatic heterocycles. The summed E-state index contributed by atoms with van der Waals surface area (Å²) in [6.45, 7) is 3.99. The van der Waals surface area contributed by atoms with E-state index in [1.165, 1.54) is 0 Å². The van der Waals surface area contributed by atoms with Crippen LogP contribution in [0.4, 0.5) is 5.95 Å². The van der Waals surface area contributed by atoms with Crippen LogP contribution in [-0.4, -0.2) is 33.4 Å². The Morgan fingerprint density at radius 3 is 2.25 bits per heavy atom. The van der Waals surface area contributed by atoms with Gasteiger partial charge in [0.15, 0.2) is 0 Å². The maximum atomic E-state index is 11.1. The largest absolute Gasteiger partial charge is 0.368 e. The zero-order chi connectivity index (χ0) is 12.3. The van der Waals surface area contributed by atoms with Gasteiger partial charge in [0.2, 0.25) is 22.4 Å². The predicted molar refractivity (Wildman–Crippen MR) is 61.5 cm³/mol. The van der Waals surface area contributed by atoms with E-state index >= 15 is 0 Å². The second-order valence-electron chi connectivity index (χ2n) is 3.04. The SMILES string of the molecule is CCN(c1nc(Cl)nc(Cl)n1)[C@H](C)C(N)=O. The fourth-order valence-electron chi connectivity index (χ4n) is 1.19. The highest BCUT2D eigenvalue weighted by molar-refractivity contribution is 6.31. The Balaban J connectivity index is 3.08. The molecule has 0 aliphatic rings. The minimum Gasteiger partial charge on any atom is -0.368 e. The van der Waals surface area contributed by atoms with Crippen LogP contribution >= 0.6 is 23.2 Å². The molecule has 0 radical (unpaired) electrons. The first-order valence-corrected chi connectivity index (χ1v) is 5.34. The fourth-order valence-corrected chi connectivity index (χ4v) is 1.54. The minimum absolute atomic E-state index is 0.0230. The van der Waals surface area contributed by atoms with E-state index in [0.717, 1.165) is 0 Å². The van der Waals surface area contributed by atoms with Gasteiger partial charge in [-0.15, -0.1) is 0 Å². The molecule has 1 rings (SSSR count). The third-order valence-electron chi connectivity index (χ3n) is 2.05. The highest BCUT2D eigenvalue weighted by Crippen LogP contribution is 2.15. The lowest BCUT2D eigenvalue weighted by molar-refractivity contribution is -0.119. The van der Waals surface area contributed by atoms with Gasteiger partial charge in [-0.1, -0.05) is 0 Å². The zero-order valence-corrected chi connectivity index (χ0v) is 10.3. The number of hydrogen-bond donors (Lipinski definition) is 1. The predicted octanol–water partition coefficient (Wildman–Crippen LogP) is 0.878. The van der Waals surface area contributed by atoms with E-state index in [1.54, 1.807) is 11.8 Å². The van der Waals surface area contributed by atoms with Gasteiger partial charge in [-0.3, -0.25) is 4.79 Å². The molecule has 0 fully saturated rings.